The van der Waals surface area contributed by atoms with Crippen molar-refractivity contribution in [1.82, 2.24) is 4.90 Å². The molecule has 0 N–H and O–H groups in total. The zero-order valence-corrected chi connectivity index (χ0v) is 9.45. The molecule has 1 unspecified atom stereocenters. The van der Waals surface area contributed by atoms with Crippen molar-refractivity contribution in [2.24, 2.45) is 5.92 Å². The van der Waals surface area contributed by atoms with Crippen LogP contribution in [0.5, 0.6) is 0 Å². The number of amides is 1. The number of fused-ring (bicyclic) bond motifs is 2. The lowest BCUT2D eigenvalue weighted by atomic mass is 10.1. The molecule has 1 amide bonds. The van der Waals surface area contributed by atoms with Crippen LogP contribution in [-0.4, -0.2) is 35.0 Å². The van der Waals surface area contributed by atoms with Gasteiger partial charge in [0, 0.05) is 13.0 Å². The second-order valence-electron chi connectivity index (χ2n) is 5.42. The van der Waals surface area contributed by atoms with Crippen LogP contribution < -0.4 is 0 Å². The highest BCUT2D eigenvalue weighted by molar-refractivity contribution is 5.91. The van der Waals surface area contributed by atoms with Crippen LogP contribution in [0.25, 0.3) is 0 Å². The number of hydrogen-bond donors (Lipinski definition) is 0. The molecule has 84 valence electrons. The highest BCUT2D eigenvalue weighted by Gasteiger charge is 2.47. The van der Waals surface area contributed by atoms with Crippen LogP contribution in [0.3, 0.4) is 0 Å². The third-order valence-electron chi connectivity index (χ3n) is 2.88. The van der Waals surface area contributed by atoms with Gasteiger partial charge >= 0.3 is 6.09 Å². The van der Waals surface area contributed by atoms with Gasteiger partial charge in [0.2, 0.25) is 0 Å². The minimum atomic E-state index is -0.484. The Morgan fingerprint density at radius 3 is 2.60 bits per heavy atom. The van der Waals surface area contributed by atoms with Gasteiger partial charge < -0.3 is 4.74 Å². The van der Waals surface area contributed by atoms with Crippen molar-refractivity contribution in [2.45, 2.75) is 45.3 Å². The molecular formula is C11H17NO3. The molecule has 2 fully saturated rings. The van der Waals surface area contributed by atoms with Gasteiger partial charge in [0.25, 0.3) is 0 Å². The second-order valence-corrected chi connectivity index (χ2v) is 5.42. The van der Waals surface area contributed by atoms with Crippen LogP contribution in [0.4, 0.5) is 4.79 Å². The first-order chi connectivity index (χ1) is 6.87. The first-order valence-electron chi connectivity index (χ1n) is 5.39. The first-order valence-corrected chi connectivity index (χ1v) is 5.39. The summed E-state index contributed by atoms with van der Waals surface area (Å²) < 4.78 is 5.26. The summed E-state index contributed by atoms with van der Waals surface area (Å²) in [6.45, 7) is 6.19. The van der Waals surface area contributed by atoms with E-state index in [4.69, 9.17) is 4.74 Å². The Bertz CT molecular complexity index is 305. The molecule has 4 nitrogen and oxygen atoms in total. The number of nitrogens with zero attached hydrogens (tertiary/aromatic N) is 1. The highest BCUT2D eigenvalue weighted by atomic mass is 16.6. The number of likely N-dealkylation sites (tertiary alicyclic amines) is 1. The fourth-order valence-corrected chi connectivity index (χ4v) is 2.32. The predicted molar refractivity (Wildman–Crippen MR) is 54.5 cm³/mol. The summed E-state index contributed by atoms with van der Waals surface area (Å²) in [5, 5.41) is 0. The largest absolute Gasteiger partial charge is 0.444 e. The topological polar surface area (TPSA) is 46.6 Å². The number of rotatable bonds is 0. The van der Waals surface area contributed by atoms with E-state index >= 15 is 0 Å². The van der Waals surface area contributed by atoms with Crippen molar-refractivity contribution in [3.63, 3.8) is 0 Å². The minimum Gasteiger partial charge on any atom is -0.444 e. The normalized spacial score (nSPS) is 29.8. The molecule has 0 radical (unpaired) electrons. The lowest BCUT2D eigenvalue weighted by Crippen LogP contribution is -2.45. The summed E-state index contributed by atoms with van der Waals surface area (Å²) >= 11 is 0. The van der Waals surface area contributed by atoms with Crippen LogP contribution in [0.2, 0.25) is 0 Å². The van der Waals surface area contributed by atoms with Crippen LogP contribution in [0.15, 0.2) is 0 Å². The van der Waals surface area contributed by atoms with Crippen molar-refractivity contribution >= 4 is 11.9 Å². The van der Waals surface area contributed by atoms with Gasteiger partial charge in [-0.3, -0.25) is 9.69 Å². The van der Waals surface area contributed by atoms with Gasteiger partial charge in [0.05, 0.1) is 6.04 Å². The Morgan fingerprint density at radius 2 is 2.13 bits per heavy atom. The standard InChI is InChI=1S/C11H17NO3/c1-11(2,3)15-10(14)12-6-7-4-8(12)9(13)5-7/h7-8H,4-6H2,1-3H3/t7?,8-/m1/s1. The lowest BCUT2D eigenvalue weighted by molar-refractivity contribution is -0.123. The van der Waals surface area contributed by atoms with E-state index in [1.54, 1.807) is 4.90 Å². The van der Waals surface area contributed by atoms with E-state index in [9.17, 15) is 9.59 Å². The fraction of sp³-hybridized carbons (Fsp3) is 0.818. The molecule has 1 saturated carbocycles. The SMILES string of the molecule is CC(C)(C)OC(=O)N1CC2CC(=O)[C@H]1C2. The number of Topliss-reactive ketones (excluding diaryl/α,β-unsaturated/α-hetero) is 1. The number of piperidine rings is 1. The number of ketones is 1. The summed E-state index contributed by atoms with van der Waals surface area (Å²) in [4.78, 5) is 24.8. The van der Waals surface area contributed by atoms with Crippen LogP contribution in [0, 0.1) is 5.92 Å². The molecule has 1 saturated heterocycles. The van der Waals surface area contributed by atoms with E-state index in [0.717, 1.165) is 6.42 Å². The van der Waals surface area contributed by atoms with Crippen molar-refractivity contribution in [3.8, 4) is 0 Å². The van der Waals surface area contributed by atoms with Gasteiger partial charge in [-0.1, -0.05) is 0 Å². The van der Waals surface area contributed by atoms with Gasteiger partial charge in [-0.15, -0.1) is 0 Å². The van der Waals surface area contributed by atoms with Gasteiger partial charge in [-0.05, 0) is 33.1 Å². The van der Waals surface area contributed by atoms with Gasteiger partial charge in [-0.25, -0.2) is 4.79 Å². The predicted octanol–water partition coefficient (Wildman–Crippen LogP) is 1.58. The van der Waals surface area contributed by atoms with E-state index in [0.29, 0.717) is 18.9 Å². The zero-order chi connectivity index (χ0) is 11.2. The molecular weight excluding hydrogens is 194 g/mol. The summed E-state index contributed by atoms with van der Waals surface area (Å²) in [6, 6.07) is -0.204. The molecule has 2 aliphatic rings. The molecule has 1 aliphatic heterocycles. The maximum Gasteiger partial charge on any atom is 0.410 e. The molecule has 1 aliphatic carbocycles. The summed E-state index contributed by atoms with van der Waals surface area (Å²) in [6.07, 6.45) is 1.13. The Morgan fingerprint density at radius 1 is 1.47 bits per heavy atom. The average Bonchev–Trinajstić information content (AvgIpc) is 2.58. The summed E-state index contributed by atoms with van der Waals surface area (Å²) in [5.41, 5.74) is -0.484. The first kappa shape index (κ1) is 10.5. The molecule has 1 heterocycles. The third kappa shape index (κ3) is 1.98. The van der Waals surface area contributed by atoms with Crippen molar-refractivity contribution in [1.29, 1.82) is 0 Å². The number of hydrogen-bond acceptors (Lipinski definition) is 3. The molecule has 4 heteroatoms. The van der Waals surface area contributed by atoms with Crippen LogP contribution in [0.1, 0.15) is 33.6 Å². The quantitative estimate of drug-likeness (QED) is 0.611. The Labute approximate surface area is 89.6 Å². The third-order valence-corrected chi connectivity index (χ3v) is 2.88. The van der Waals surface area contributed by atoms with E-state index in [1.165, 1.54) is 0 Å². The molecule has 15 heavy (non-hydrogen) atoms. The Hall–Kier alpha value is -1.06. The highest BCUT2D eigenvalue weighted by Crippen LogP contribution is 2.35. The number of carbonyl (C=O) groups is 2. The van der Waals surface area contributed by atoms with Crippen LogP contribution in [-0.2, 0) is 9.53 Å². The van der Waals surface area contributed by atoms with E-state index in [2.05, 4.69) is 0 Å². The zero-order valence-electron chi connectivity index (χ0n) is 9.45. The molecule has 0 aromatic heterocycles. The maximum atomic E-state index is 11.7. The molecule has 0 spiro atoms. The number of carbonyl (C=O) groups excluding carboxylic acids is 2. The molecule has 2 rings (SSSR count). The lowest BCUT2D eigenvalue weighted by Gasteiger charge is -2.29. The minimum absolute atomic E-state index is 0.192. The average molecular weight is 211 g/mol. The van der Waals surface area contributed by atoms with Crippen molar-refractivity contribution < 1.29 is 14.3 Å². The summed E-state index contributed by atoms with van der Waals surface area (Å²) in [5.74, 6) is 0.562. The smallest absolute Gasteiger partial charge is 0.410 e. The molecule has 0 aromatic carbocycles. The fourth-order valence-electron chi connectivity index (χ4n) is 2.32. The monoisotopic (exact) mass is 211 g/mol. The second kappa shape index (κ2) is 3.22. The van der Waals surface area contributed by atoms with Gasteiger partial charge in [-0.2, -0.15) is 0 Å². The van der Waals surface area contributed by atoms with Crippen LogP contribution >= 0.6 is 0 Å². The van der Waals surface area contributed by atoms with Crippen molar-refractivity contribution in [3.05, 3.63) is 0 Å². The van der Waals surface area contributed by atoms with E-state index < -0.39 is 5.60 Å². The Balaban J connectivity index is 2.01. The molecule has 0 aromatic rings. The maximum absolute atomic E-state index is 11.7. The van der Waals surface area contributed by atoms with Gasteiger partial charge in [0.15, 0.2) is 5.78 Å². The molecule has 2 atom stereocenters. The Kier molecular flexibility index (Phi) is 2.24. The summed E-state index contributed by atoms with van der Waals surface area (Å²) in [7, 11) is 0. The molecule has 2 bridgehead atoms. The number of ether oxygens (including phenoxy) is 1. The van der Waals surface area contributed by atoms with Gasteiger partial charge in [0.1, 0.15) is 5.60 Å². The van der Waals surface area contributed by atoms with E-state index in [-0.39, 0.29) is 17.9 Å². The van der Waals surface area contributed by atoms with Crippen molar-refractivity contribution in [2.75, 3.05) is 6.54 Å². The van der Waals surface area contributed by atoms with E-state index in [1.807, 2.05) is 20.8 Å².